The van der Waals surface area contributed by atoms with Crippen LogP contribution in [-0.4, -0.2) is 25.8 Å². The van der Waals surface area contributed by atoms with Gasteiger partial charge < -0.3 is 10.1 Å². The van der Waals surface area contributed by atoms with Gasteiger partial charge in [0, 0.05) is 31.0 Å². The molecule has 2 heteroatoms. The maximum absolute atomic E-state index is 5.60. The van der Waals surface area contributed by atoms with E-state index in [1.54, 1.807) is 0 Å². The topological polar surface area (TPSA) is 21.3 Å². The lowest BCUT2D eigenvalue weighted by Crippen LogP contribution is -2.35. The first-order chi connectivity index (χ1) is 7.45. The number of nitrogens with one attached hydrogen (secondary N) is 1. The first-order valence-electron chi connectivity index (χ1n) is 5.81. The van der Waals surface area contributed by atoms with Gasteiger partial charge in [-0.1, -0.05) is 30.3 Å². The lowest BCUT2D eigenvalue weighted by atomic mass is 9.84. The van der Waals surface area contributed by atoms with Crippen LogP contribution in [0.25, 0.3) is 0 Å². The highest BCUT2D eigenvalue weighted by Crippen LogP contribution is 2.35. The van der Waals surface area contributed by atoms with Crippen molar-refractivity contribution in [1.29, 1.82) is 0 Å². The average molecular weight is 203 g/mol. The van der Waals surface area contributed by atoms with Gasteiger partial charge in [-0.15, -0.1) is 0 Å². The molecular weight excluding hydrogens is 186 g/mol. The number of fused-ring (bicyclic) bond motifs is 1. The fourth-order valence-corrected chi connectivity index (χ4v) is 2.90. The first-order valence-corrected chi connectivity index (χ1v) is 5.81. The third-order valence-corrected chi connectivity index (χ3v) is 3.74. The Bertz CT molecular complexity index is 325. The summed E-state index contributed by atoms with van der Waals surface area (Å²) in [5, 5.41) is 3.63. The fourth-order valence-electron chi connectivity index (χ4n) is 2.90. The second-order valence-corrected chi connectivity index (χ2v) is 4.56. The molecule has 0 radical (unpaired) electrons. The van der Waals surface area contributed by atoms with Crippen LogP contribution in [0.2, 0.25) is 0 Å². The van der Waals surface area contributed by atoms with Gasteiger partial charge in [-0.3, -0.25) is 0 Å². The lowest BCUT2D eigenvalue weighted by molar-refractivity contribution is 0.0427. The predicted molar refractivity (Wildman–Crippen MR) is 59.9 cm³/mol. The average Bonchev–Trinajstić information content (AvgIpc) is 2.74. The molecule has 3 atom stereocenters. The summed E-state index contributed by atoms with van der Waals surface area (Å²) < 4.78 is 5.60. The monoisotopic (exact) mass is 203 g/mol. The molecule has 2 nitrogen and oxygen atoms in total. The van der Waals surface area contributed by atoms with E-state index in [0.29, 0.717) is 17.9 Å². The molecule has 2 fully saturated rings. The Morgan fingerprint density at radius 1 is 1.20 bits per heavy atom. The van der Waals surface area contributed by atoms with Crippen LogP contribution in [0.3, 0.4) is 0 Å². The predicted octanol–water partition coefficient (Wildman–Crippen LogP) is 1.78. The van der Waals surface area contributed by atoms with Crippen LogP contribution in [0, 0.1) is 5.92 Å². The zero-order chi connectivity index (χ0) is 10.1. The van der Waals surface area contributed by atoms with E-state index in [1.165, 1.54) is 12.0 Å². The van der Waals surface area contributed by atoms with E-state index in [-0.39, 0.29) is 0 Å². The van der Waals surface area contributed by atoms with E-state index in [0.717, 1.165) is 19.8 Å². The molecule has 2 aliphatic rings. The van der Waals surface area contributed by atoms with E-state index in [4.69, 9.17) is 4.74 Å². The summed E-state index contributed by atoms with van der Waals surface area (Å²) in [6.45, 7) is 2.97. The van der Waals surface area contributed by atoms with E-state index in [9.17, 15) is 0 Å². The van der Waals surface area contributed by atoms with Crippen LogP contribution in [-0.2, 0) is 4.74 Å². The van der Waals surface area contributed by atoms with Crippen molar-refractivity contribution in [3.05, 3.63) is 35.9 Å². The second kappa shape index (κ2) is 3.95. The lowest BCUT2D eigenvalue weighted by Gasteiger charge is -2.28. The van der Waals surface area contributed by atoms with Crippen molar-refractivity contribution in [2.24, 2.45) is 5.92 Å². The Hall–Kier alpha value is -0.860. The van der Waals surface area contributed by atoms with Crippen molar-refractivity contribution >= 4 is 0 Å². The van der Waals surface area contributed by atoms with Gasteiger partial charge in [-0.2, -0.15) is 0 Å². The van der Waals surface area contributed by atoms with Gasteiger partial charge in [0.2, 0.25) is 0 Å². The summed E-state index contributed by atoms with van der Waals surface area (Å²) in [5.41, 5.74) is 1.46. The molecule has 0 amide bonds. The Balaban J connectivity index is 1.82. The summed E-state index contributed by atoms with van der Waals surface area (Å²) in [7, 11) is 0. The number of benzene rings is 1. The van der Waals surface area contributed by atoms with Crippen molar-refractivity contribution in [2.45, 2.75) is 18.4 Å². The van der Waals surface area contributed by atoms with E-state index in [1.807, 2.05) is 0 Å². The molecule has 80 valence electrons. The molecule has 0 aliphatic carbocycles. The molecule has 1 aromatic carbocycles. The minimum Gasteiger partial charge on any atom is -0.381 e. The third kappa shape index (κ3) is 1.68. The van der Waals surface area contributed by atoms with Gasteiger partial charge in [-0.05, 0) is 12.0 Å². The molecule has 2 aliphatic heterocycles. The van der Waals surface area contributed by atoms with E-state index < -0.39 is 0 Å². The molecule has 3 rings (SSSR count). The van der Waals surface area contributed by atoms with Gasteiger partial charge in [-0.25, -0.2) is 0 Å². The first kappa shape index (κ1) is 9.37. The summed E-state index contributed by atoms with van der Waals surface area (Å²) in [5.74, 6) is 1.33. The molecule has 15 heavy (non-hydrogen) atoms. The van der Waals surface area contributed by atoms with Crippen molar-refractivity contribution in [3.63, 3.8) is 0 Å². The number of ether oxygens (including phenoxy) is 1. The Labute approximate surface area is 90.6 Å². The quantitative estimate of drug-likeness (QED) is 0.751. The van der Waals surface area contributed by atoms with Crippen LogP contribution >= 0.6 is 0 Å². The van der Waals surface area contributed by atoms with Crippen molar-refractivity contribution in [2.75, 3.05) is 19.8 Å². The van der Waals surface area contributed by atoms with Crippen LogP contribution in [0.1, 0.15) is 17.9 Å². The molecule has 0 spiro atoms. The molecule has 1 N–H and O–H groups in total. The Morgan fingerprint density at radius 2 is 2.07 bits per heavy atom. The van der Waals surface area contributed by atoms with Gasteiger partial charge in [0.05, 0.1) is 6.61 Å². The Kier molecular flexibility index (Phi) is 2.47. The molecule has 0 aromatic heterocycles. The number of rotatable bonds is 1. The maximum Gasteiger partial charge on any atom is 0.0515 e. The highest BCUT2D eigenvalue weighted by atomic mass is 16.5. The highest BCUT2D eigenvalue weighted by molar-refractivity contribution is 5.23. The minimum absolute atomic E-state index is 0.650. The Morgan fingerprint density at radius 3 is 2.93 bits per heavy atom. The minimum atomic E-state index is 0.650. The maximum atomic E-state index is 5.60. The second-order valence-electron chi connectivity index (χ2n) is 4.56. The summed E-state index contributed by atoms with van der Waals surface area (Å²) in [6, 6.07) is 11.5. The van der Waals surface area contributed by atoms with Crippen molar-refractivity contribution in [3.8, 4) is 0 Å². The molecule has 0 unspecified atom stereocenters. The highest BCUT2D eigenvalue weighted by Gasteiger charge is 2.38. The van der Waals surface area contributed by atoms with Gasteiger partial charge >= 0.3 is 0 Å². The largest absolute Gasteiger partial charge is 0.381 e. The molecule has 1 aromatic rings. The van der Waals surface area contributed by atoms with E-state index >= 15 is 0 Å². The zero-order valence-corrected chi connectivity index (χ0v) is 8.86. The van der Waals surface area contributed by atoms with Gasteiger partial charge in [0.1, 0.15) is 0 Å². The van der Waals surface area contributed by atoms with Gasteiger partial charge in [0.15, 0.2) is 0 Å². The smallest absolute Gasteiger partial charge is 0.0515 e. The number of hydrogen-bond donors (Lipinski definition) is 1. The molecule has 2 heterocycles. The molecule has 2 saturated heterocycles. The van der Waals surface area contributed by atoms with E-state index in [2.05, 4.69) is 35.6 Å². The van der Waals surface area contributed by atoms with Crippen molar-refractivity contribution < 1.29 is 4.74 Å². The summed E-state index contributed by atoms with van der Waals surface area (Å²) >= 11 is 0. The molecular formula is C13H17NO. The SMILES string of the molecule is c1ccc([C@@H]2CN[C@H]3CCOC[C@@H]32)cc1. The van der Waals surface area contributed by atoms with Crippen LogP contribution < -0.4 is 5.32 Å². The van der Waals surface area contributed by atoms with Crippen LogP contribution in [0.15, 0.2) is 30.3 Å². The zero-order valence-electron chi connectivity index (χ0n) is 8.86. The third-order valence-electron chi connectivity index (χ3n) is 3.74. The summed E-state index contributed by atoms with van der Waals surface area (Å²) in [6.07, 6.45) is 1.17. The number of hydrogen-bond acceptors (Lipinski definition) is 2. The molecule has 0 saturated carbocycles. The standard InChI is InChI=1S/C13H17NO/c1-2-4-10(5-3-1)11-8-14-13-6-7-15-9-12(11)13/h1-5,11-14H,6-9H2/t11-,12+,13-/m0/s1. The normalized spacial score (nSPS) is 35.1. The fraction of sp³-hybridized carbons (Fsp3) is 0.538. The van der Waals surface area contributed by atoms with Crippen molar-refractivity contribution in [1.82, 2.24) is 5.32 Å². The summed E-state index contributed by atoms with van der Waals surface area (Å²) in [4.78, 5) is 0. The van der Waals surface area contributed by atoms with Crippen LogP contribution in [0.4, 0.5) is 0 Å². The van der Waals surface area contributed by atoms with Crippen LogP contribution in [0.5, 0.6) is 0 Å². The molecule has 0 bridgehead atoms. The van der Waals surface area contributed by atoms with Gasteiger partial charge in [0.25, 0.3) is 0 Å².